The van der Waals surface area contributed by atoms with Crippen LogP contribution in [0.15, 0.2) is 18.2 Å². The van der Waals surface area contributed by atoms with Gasteiger partial charge in [-0.2, -0.15) is 4.98 Å². The van der Waals surface area contributed by atoms with Gasteiger partial charge >= 0.3 is 5.97 Å². The molecule has 1 aromatic heterocycles. The monoisotopic (exact) mass is 402 g/mol. The molecule has 158 valence electrons. The number of hydrogen-bond donors (Lipinski definition) is 3. The third kappa shape index (κ3) is 5.57. The van der Waals surface area contributed by atoms with Gasteiger partial charge in [0.05, 0.1) is 19.6 Å². The van der Waals surface area contributed by atoms with Crippen molar-refractivity contribution in [1.29, 1.82) is 0 Å². The maximum absolute atomic E-state index is 11.0. The number of carboxylic acids is 1. The van der Waals surface area contributed by atoms with Crippen molar-refractivity contribution in [3.63, 3.8) is 0 Å². The Bertz CT molecular complexity index is 857. The average molecular weight is 402 g/mol. The van der Waals surface area contributed by atoms with E-state index in [1.165, 1.54) is 5.06 Å². The topological polar surface area (TPSA) is 122 Å². The van der Waals surface area contributed by atoms with Crippen LogP contribution in [-0.4, -0.2) is 39.4 Å². The lowest BCUT2D eigenvalue weighted by Crippen LogP contribution is -2.33. The average Bonchev–Trinajstić information content (AvgIpc) is 2.67. The summed E-state index contributed by atoms with van der Waals surface area (Å²) >= 11 is 0. The molecule has 0 bridgehead atoms. The first-order valence-electron chi connectivity index (χ1n) is 9.79. The van der Waals surface area contributed by atoms with Crippen molar-refractivity contribution in [3.05, 3.63) is 40.6 Å². The van der Waals surface area contributed by atoms with Crippen LogP contribution < -0.4 is 15.5 Å². The molecule has 1 heterocycles. The predicted molar refractivity (Wildman–Crippen MR) is 112 cm³/mol. The molecule has 29 heavy (non-hydrogen) atoms. The molecule has 0 saturated heterocycles. The van der Waals surface area contributed by atoms with Gasteiger partial charge in [0.1, 0.15) is 5.75 Å². The molecule has 8 nitrogen and oxygen atoms in total. The Morgan fingerprint density at radius 1 is 1.31 bits per heavy atom. The number of aryl methyl sites for hydroxylation is 1. The molecule has 0 fully saturated rings. The maximum Gasteiger partial charge on any atom is 0.307 e. The lowest BCUT2D eigenvalue weighted by molar-refractivity contribution is -0.136. The molecular weight excluding hydrogens is 372 g/mol. The minimum Gasteiger partial charge on any atom is -0.496 e. The van der Waals surface area contributed by atoms with Crippen LogP contribution >= 0.6 is 0 Å². The van der Waals surface area contributed by atoms with Crippen molar-refractivity contribution in [2.45, 2.75) is 58.9 Å². The highest BCUT2D eigenvalue weighted by Crippen LogP contribution is 2.30. The number of aromatic nitrogens is 2. The molecule has 1 atom stereocenters. The molecule has 0 aliphatic heterocycles. The normalized spacial score (nSPS) is 11.9. The van der Waals surface area contributed by atoms with Crippen LogP contribution in [0.25, 0.3) is 0 Å². The van der Waals surface area contributed by atoms with Crippen LogP contribution in [0.5, 0.6) is 5.75 Å². The van der Waals surface area contributed by atoms with Crippen molar-refractivity contribution in [1.82, 2.24) is 9.97 Å². The number of carbonyl (C=O) groups is 1. The predicted octanol–water partition coefficient (Wildman–Crippen LogP) is 3.37. The molecule has 2 rings (SSSR count). The highest BCUT2D eigenvalue weighted by molar-refractivity contribution is 5.70. The van der Waals surface area contributed by atoms with Gasteiger partial charge in [-0.3, -0.25) is 10.0 Å². The summed E-state index contributed by atoms with van der Waals surface area (Å²) in [5.74, 6) is 0.181. The van der Waals surface area contributed by atoms with Crippen LogP contribution in [0, 0.1) is 6.92 Å². The Balaban J connectivity index is 2.46. The van der Waals surface area contributed by atoms with Crippen molar-refractivity contribution in [3.8, 4) is 5.75 Å². The third-order valence-electron chi connectivity index (χ3n) is 4.94. The summed E-state index contributed by atoms with van der Waals surface area (Å²) < 4.78 is 5.48. The molecule has 1 aromatic carbocycles. The number of rotatable bonds is 10. The number of ether oxygens (including phenoxy) is 1. The number of nitrogens with two attached hydrogens (primary N) is 1. The number of carboxylic acid groups (broad SMARTS) is 1. The SMILES string of the molecule is CCCC(CC)N(O)c1nc(N)nc(C)c1Cc1ccc(CC(=O)O)cc1OC. The zero-order valence-corrected chi connectivity index (χ0v) is 17.5. The smallest absolute Gasteiger partial charge is 0.307 e. The first-order chi connectivity index (χ1) is 13.8. The Morgan fingerprint density at radius 2 is 2.03 bits per heavy atom. The van der Waals surface area contributed by atoms with Gasteiger partial charge in [0.15, 0.2) is 5.82 Å². The summed E-state index contributed by atoms with van der Waals surface area (Å²) in [6.45, 7) is 5.92. The number of aliphatic carboxylic acids is 1. The van der Waals surface area contributed by atoms with Gasteiger partial charge < -0.3 is 15.6 Å². The highest BCUT2D eigenvalue weighted by atomic mass is 16.5. The van der Waals surface area contributed by atoms with Crippen LogP contribution in [0.3, 0.4) is 0 Å². The fourth-order valence-corrected chi connectivity index (χ4v) is 3.41. The zero-order valence-electron chi connectivity index (χ0n) is 17.5. The van der Waals surface area contributed by atoms with E-state index in [1.54, 1.807) is 19.2 Å². The van der Waals surface area contributed by atoms with Crippen LogP contribution in [0.4, 0.5) is 11.8 Å². The largest absolute Gasteiger partial charge is 0.496 e. The first-order valence-corrected chi connectivity index (χ1v) is 9.79. The van der Waals surface area contributed by atoms with Crippen LogP contribution in [-0.2, 0) is 17.6 Å². The molecule has 0 radical (unpaired) electrons. The molecule has 8 heteroatoms. The third-order valence-corrected chi connectivity index (χ3v) is 4.94. The second kappa shape index (κ2) is 10.1. The number of hydroxylamine groups is 1. The lowest BCUT2D eigenvalue weighted by Gasteiger charge is -2.28. The summed E-state index contributed by atoms with van der Waals surface area (Å²) in [5.41, 5.74) is 8.78. The molecule has 0 aliphatic rings. The second-order valence-electron chi connectivity index (χ2n) is 7.06. The van der Waals surface area contributed by atoms with Gasteiger partial charge in [-0.25, -0.2) is 10.0 Å². The Kier molecular flexibility index (Phi) is 7.78. The zero-order chi connectivity index (χ0) is 21.6. The number of nitrogens with zero attached hydrogens (tertiary/aromatic N) is 3. The van der Waals surface area contributed by atoms with Crippen molar-refractivity contribution in [2.75, 3.05) is 17.9 Å². The number of methoxy groups -OCH3 is 1. The van der Waals surface area contributed by atoms with E-state index in [-0.39, 0.29) is 18.4 Å². The lowest BCUT2D eigenvalue weighted by atomic mass is 10.00. The number of benzene rings is 1. The van der Waals surface area contributed by atoms with E-state index in [1.807, 2.05) is 19.9 Å². The molecule has 0 spiro atoms. The molecule has 0 saturated carbocycles. The quantitative estimate of drug-likeness (QED) is 0.517. The van der Waals surface area contributed by atoms with E-state index < -0.39 is 5.97 Å². The van der Waals surface area contributed by atoms with Gasteiger partial charge in [-0.05, 0) is 37.0 Å². The molecule has 0 aliphatic carbocycles. The summed E-state index contributed by atoms with van der Waals surface area (Å²) in [6, 6.07) is 5.25. The van der Waals surface area contributed by atoms with Crippen molar-refractivity contribution >= 4 is 17.7 Å². The van der Waals surface area contributed by atoms with E-state index in [4.69, 9.17) is 15.6 Å². The number of nitrogen functional groups attached to an aromatic ring is 1. The standard InChI is InChI=1S/C21H30N4O4/c1-5-7-16(6-2)25(28)20-17(13(3)23-21(22)24-20)12-15-9-8-14(11-19(26)27)10-18(15)29-4/h8-10,16,28H,5-7,11-12H2,1-4H3,(H,26,27)(H2,22,23,24). The van der Waals surface area contributed by atoms with Gasteiger partial charge in [-0.15, -0.1) is 0 Å². The van der Waals surface area contributed by atoms with Gasteiger partial charge in [0.25, 0.3) is 0 Å². The molecule has 2 aromatic rings. The molecular formula is C21H30N4O4. The van der Waals surface area contributed by atoms with E-state index in [2.05, 4.69) is 16.9 Å². The fraction of sp³-hybridized carbons (Fsp3) is 0.476. The summed E-state index contributed by atoms with van der Waals surface area (Å²) in [7, 11) is 1.54. The number of anilines is 2. The highest BCUT2D eigenvalue weighted by Gasteiger charge is 2.23. The summed E-state index contributed by atoms with van der Waals surface area (Å²) in [4.78, 5) is 19.6. The van der Waals surface area contributed by atoms with Crippen LogP contribution in [0.2, 0.25) is 0 Å². The van der Waals surface area contributed by atoms with Gasteiger partial charge in [-0.1, -0.05) is 32.4 Å². The molecule has 4 N–H and O–H groups in total. The second-order valence-corrected chi connectivity index (χ2v) is 7.06. The Morgan fingerprint density at radius 3 is 2.62 bits per heavy atom. The minimum atomic E-state index is -0.901. The molecule has 1 unspecified atom stereocenters. The van der Waals surface area contributed by atoms with Crippen molar-refractivity contribution in [2.24, 2.45) is 0 Å². The molecule has 0 amide bonds. The Labute approximate surface area is 171 Å². The van der Waals surface area contributed by atoms with Gasteiger partial charge in [0, 0.05) is 17.7 Å². The summed E-state index contributed by atoms with van der Waals surface area (Å²) in [5, 5.41) is 21.1. The van der Waals surface area contributed by atoms with Crippen LogP contribution in [0.1, 0.15) is 55.5 Å². The van der Waals surface area contributed by atoms with E-state index in [0.29, 0.717) is 29.2 Å². The Hall–Kier alpha value is -2.87. The van der Waals surface area contributed by atoms with Gasteiger partial charge in [0.2, 0.25) is 5.95 Å². The first kappa shape index (κ1) is 22.4. The van der Waals surface area contributed by atoms with E-state index in [9.17, 15) is 10.0 Å². The number of hydrogen-bond acceptors (Lipinski definition) is 7. The fourth-order valence-electron chi connectivity index (χ4n) is 3.41. The van der Waals surface area contributed by atoms with Crippen molar-refractivity contribution < 1.29 is 19.8 Å². The maximum atomic E-state index is 11.0. The summed E-state index contributed by atoms with van der Waals surface area (Å²) in [6.07, 6.45) is 2.86. The van der Waals surface area contributed by atoms with E-state index in [0.717, 1.165) is 30.4 Å². The van der Waals surface area contributed by atoms with E-state index >= 15 is 0 Å². The minimum absolute atomic E-state index is 0.0766.